The minimum Gasteiger partial charge on any atom is -0.393 e. The average Bonchev–Trinajstić information content (AvgIpc) is 2.06. The van der Waals surface area contributed by atoms with Crippen molar-refractivity contribution in [1.82, 2.24) is 10.2 Å². The average molecular weight is 152 g/mol. The van der Waals surface area contributed by atoms with Crippen molar-refractivity contribution >= 4 is 0 Å². The number of hydrogen-bond donors (Lipinski definition) is 1. The fourth-order valence-corrected chi connectivity index (χ4v) is 0.828. The molecule has 0 aliphatic rings. The van der Waals surface area contributed by atoms with Crippen molar-refractivity contribution in [3.05, 3.63) is 24.0 Å². The smallest absolute Gasteiger partial charge is 0.0656 e. The van der Waals surface area contributed by atoms with Crippen LogP contribution in [0, 0.1) is 0 Å². The van der Waals surface area contributed by atoms with E-state index in [1.54, 1.807) is 6.20 Å². The molecule has 1 aromatic heterocycles. The standard InChI is InChI=1S/C8H12N2O/c1-2-8(11)6-7-4-3-5-9-10-7/h3-5,8,11H,2,6H2,1H3. The van der Waals surface area contributed by atoms with Crippen molar-refractivity contribution in [2.75, 3.05) is 0 Å². The van der Waals surface area contributed by atoms with Crippen LogP contribution in [0.3, 0.4) is 0 Å². The summed E-state index contributed by atoms with van der Waals surface area (Å²) in [6, 6.07) is 3.69. The Balaban J connectivity index is 2.51. The largest absolute Gasteiger partial charge is 0.393 e. The van der Waals surface area contributed by atoms with Crippen molar-refractivity contribution in [3.63, 3.8) is 0 Å². The quantitative estimate of drug-likeness (QED) is 0.696. The van der Waals surface area contributed by atoms with Gasteiger partial charge in [0.15, 0.2) is 0 Å². The molecular weight excluding hydrogens is 140 g/mol. The van der Waals surface area contributed by atoms with Crippen molar-refractivity contribution in [2.24, 2.45) is 0 Å². The predicted octanol–water partition coefficient (Wildman–Crippen LogP) is 0.790. The normalized spacial score (nSPS) is 12.9. The van der Waals surface area contributed by atoms with Crippen molar-refractivity contribution in [1.29, 1.82) is 0 Å². The van der Waals surface area contributed by atoms with Gasteiger partial charge in [0.05, 0.1) is 11.8 Å². The zero-order valence-electron chi connectivity index (χ0n) is 6.57. The van der Waals surface area contributed by atoms with Crippen LogP contribution < -0.4 is 0 Å². The third-order valence-corrected chi connectivity index (χ3v) is 1.54. The fraction of sp³-hybridized carbons (Fsp3) is 0.500. The van der Waals surface area contributed by atoms with Gasteiger partial charge < -0.3 is 5.11 Å². The Morgan fingerprint density at radius 2 is 2.45 bits per heavy atom. The van der Waals surface area contributed by atoms with Gasteiger partial charge in [-0.15, -0.1) is 0 Å². The number of aromatic nitrogens is 2. The second kappa shape index (κ2) is 4.03. The summed E-state index contributed by atoms with van der Waals surface area (Å²) in [5.74, 6) is 0. The van der Waals surface area contributed by atoms with Crippen LogP contribution in [0.1, 0.15) is 19.0 Å². The van der Waals surface area contributed by atoms with Gasteiger partial charge in [0, 0.05) is 12.6 Å². The number of hydrogen-bond acceptors (Lipinski definition) is 3. The van der Waals surface area contributed by atoms with Crippen LogP contribution in [-0.2, 0) is 6.42 Å². The second-order valence-electron chi connectivity index (χ2n) is 2.48. The van der Waals surface area contributed by atoms with Crippen LogP contribution in [-0.4, -0.2) is 21.4 Å². The van der Waals surface area contributed by atoms with E-state index >= 15 is 0 Å². The van der Waals surface area contributed by atoms with E-state index in [1.165, 1.54) is 0 Å². The number of aliphatic hydroxyl groups excluding tert-OH is 1. The monoisotopic (exact) mass is 152 g/mol. The van der Waals surface area contributed by atoms with Crippen molar-refractivity contribution < 1.29 is 5.11 Å². The van der Waals surface area contributed by atoms with E-state index in [0.29, 0.717) is 6.42 Å². The fourth-order valence-electron chi connectivity index (χ4n) is 0.828. The predicted molar refractivity (Wildman–Crippen MR) is 42.0 cm³/mol. The number of nitrogens with zero attached hydrogens (tertiary/aromatic N) is 2. The molecule has 0 bridgehead atoms. The third kappa shape index (κ3) is 2.63. The number of rotatable bonds is 3. The first-order chi connectivity index (χ1) is 5.33. The third-order valence-electron chi connectivity index (χ3n) is 1.54. The molecule has 11 heavy (non-hydrogen) atoms. The molecule has 0 saturated heterocycles. The summed E-state index contributed by atoms with van der Waals surface area (Å²) >= 11 is 0. The van der Waals surface area contributed by atoms with E-state index in [9.17, 15) is 5.11 Å². The second-order valence-corrected chi connectivity index (χ2v) is 2.48. The summed E-state index contributed by atoms with van der Waals surface area (Å²) in [6.07, 6.45) is 2.70. The van der Waals surface area contributed by atoms with Crippen LogP contribution in [0.2, 0.25) is 0 Å². The lowest BCUT2D eigenvalue weighted by Gasteiger charge is -2.04. The topological polar surface area (TPSA) is 46.0 Å². The summed E-state index contributed by atoms with van der Waals surface area (Å²) in [7, 11) is 0. The summed E-state index contributed by atoms with van der Waals surface area (Å²) in [4.78, 5) is 0. The van der Waals surface area contributed by atoms with Gasteiger partial charge in [-0.2, -0.15) is 10.2 Å². The van der Waals surface area contributed by atoms with Gasteiger partial charge in [-0.05, 0) is 18.6 Å². The van der Waals surface area contributed by atoms with Crippen LogP contribution in [0.4, 0.5) is 0 Å². The Labute approximate surface area is 66.1 Å². The van der Waals surface area contributed by atoms with Gasteiger partial charge in [0.25, 0.3) is 0 Å². The molecule has 1 atom stereocenters. The molecule has 1 unspecified atom stereocenters. The molecule has 3 nitrogen and oxygen atoms in total. The van der Waals surface area contributed by atoms with Crippen LogP contribution in [0.15, 0.2) is 18.3 Å². The Hall–Kier alpha value is -0.960. The zero-order chi connectivity index (χ0) is 8.10. The zero-order valence-corrected chi connectivity index (χ0v) is 6.57. The van der Waals surface area contributed by atoms with E-state index in [1.807, 2.05) is 19.1 Å². The molecular formula is C8H12N2O. The maximum Gasteiger partial charge on any atom is 0.0656 e. The maximum atomic E-state index is 9.24. The minimum atomic E-state index is -0.285. The molecule has 1 rings (SSSR count). The van der Waals surface area contributed by atoms with Crippen LogP contribution >= 0.6 is 0 Å². The first-order valence-electron chi connectivity index (χ1n) is 3.77. The van der Waals surface area contributed by atoms with E-state index in [2.05, 4.69) is 10.2 Å². The van der Waals surface area contributed by atoms with Gasteiger partial charge in [-0.25, -0.2) is 0 Å². The van der Waals surface area contributed by atoms with Crippen LogP contribution in [0.25, 0.3) is 0 Å². The SMILES string of the molecule is CCC(O)Cc1cccnn1. The molecule has 0 spiro atoms. The molecule has 0 aliphatic carbocycles. The lowest BCUT2D eigenvalue weighted by molar-refractivity contribution is 0.169. The molecule has 3 heteroatoms. The van der Waals surface area contributed by atoms with Gasteiger partial charge in [-0.3, -0.25) is 0 Å². The molecule has 0 fully saturated rings. The summed E-state index contributed by atoms with van der Waals surface area (Å²) in [6.45, 7) is 1.95. The van der Waals surface area contributed by atoms with E-state index in [-0.39, 0.29) is 6.10 Å². The minimum absolute atomic E-state index is 0.285. The number of aliphatic hydroxyl groups is 1. The molecule has 1 heterocycles. The molecule has 0 radical (unpaired) electrons. The Kier molecular flexibility index (Phi) is 2.98. The highest BCUT2D eigenvalue weighted by molar-refractivity contribution is 5.00. The molecule has 1 N–H and O–H groups in total. The van der Waals surface area contributed by atoms with E-state index in [0.717, 1.165) is 12.1 Å². The van der Waals surface area contributed by atoms with Gasteiger partial charge >= 0.3 is 0 Å². The molecule has 0 aromatic carbocycles. The highest BCUT2D eigenvalue weighted by atomic mass is 16.3. The highest BCUT2D eigenvalue weighted by Crippen LogP contribution is 2.00. The first-order valence-corrected chi connectivity index (χ1v) is 3.77. The molecule has 0 saturated carbocycles. The van der Waals surface area contributed by atoms with Gasteiger partial charge in [-0.1, -0.05) is 6.92 Å². The summed E-state index contributed by atoms with van der Waals surface area (Å²) in [5.41, 5.74) is 0.849. The lowest BCUT2D eigenvalue weighted by Crippen LogP contribution is -2.09. The van der Waals surface area contributed by atoms with Crippen molar-refractivity contribution in [2.45, 2.75) is 25.9 Å². The molecule has 60 valence electrons. The molecule has 1 aromatic rings. The first kappa shape index (κ1) is 8.14. The Morgan fingerprint density at radius 3 is 3.00 bits per heavy atom. The summed E-state index contributed by atoms with van der Waals surface area (Å²) < 4.78 is 0. The summed E-state index contributed by atoms with van der Waals surface area (Å²) in [5, 5.41) is 16.8. The lowest BCUT2D eigenvalue weighted by atomic mass is 10.1. The van der Waals surface area contributed by atoms with Crippen LogP contribution in [0.5, 0.6) is 0 Å². The highest BCUT2D eigenvalue weighted by Gasteiger charge is 2.02. The van der Waals surface area contributed by atoms with E-state index < -0.39 is 0 Å². The Morgan fingerprint density at radius 1 is 1.64 bits per heavy atom. The van der Waals surface area contributed by atoms with E-state index in [4.69, 9.17) is 0 Å². The molecule has 0 aliphatic heterocycles. The molecule has 0 amide bonds. The van der Waals surface area contributed by atoms with Gasteiger partial charge in [0.1, 0.15) is 0 Å². The van der Waals surface area contributed by atoms with Gasteiger partial charge in [0.2, 0.25) is 0 Å². The Bertz CT molecular complexity index is 201. The maximum absolute atomic E-state index is 9.24. The van der Waals surface area contributed by atoms with Crippen molar-refractivity contribution in [3.8, 4) is 0 Å².